The minimum absolute atomic E-state index is 0.161. The van der Waals surface area contributed by atoms with Gasteiger partial charge in [0.1, 0.15) is 17.2 Å². The van der Waals surface area contributed by atoms with Crippen LogP contribution in [0.25, 0.3) is 6.08 Å². The van der Waals surface area contributed by atoms with Crippen LogP contribution in [0.2, 0.25) is 0 Å². The van der Waals surface area contributed by atoms with Crippen molar-refractivity contribution in [3.63, 3.8) is 0 Å². The fourth-order valence-electron chi connectivity index (χ4n) is 3.61. The van der Waals surface area contributed by atoms with Crippen molar-refractivity contribution in [2.75, 3.05) is 18.0 Å². The quantitative estimate of drug-likeness (QED) is 0.672. The van der Waals surface area contributed by atoms with Crippen LogP contribution in [0, 0.1) is 5.82 Å². The lowest BCUT2D eigenvalue weighted by Gasteiger charge is -2.31. The Bertz CT molecular complexity index is 985. The average Bonchev–Trinajstić information content (AvgIpc) is 3.14. The molecule has 0 aliphatic carbocycles. The SMILES string of the molecule is CC(C)(C)OC(=O)N(c1ccc(C=CC(=O)O)cn1)[C@@H]1CCN(Cc2cccc(F)c2)C1. The number of benzene rings is 1. The van der Waals surface area contributed by atoms with Gasteiger partial charge in [0.2, 0.25) is 0 Å². The number of nitrogens with zero attached hydrogens (tertiary/aromatic N) is 3. The predicted molar refractivity (Wildman–Crippen MR) is 120 cm³/mol. The van der Waals surface area contributed by atoms with E-state index in [2.05, 4.69) is 9.88 Å². The Balaban J connectivity index is 1.79. The minimum Gasteiger partial charge on any atom is -0.478 e. The summed E-state index contributed by atoms with van der Waals surface area (Å²) in [5, 5.41) is 8.79. The van der Waals surface area contributed by atoms with Crippen LogP contribution in [-0.4, -0.2) is 51.8 Å². The highest BCUT2D eigenvalue weighted by Crippen LogP contribution is 2.26. The van der Waals surface area contributed by atoms with Crippen molar-refractivity contribution in [1.82, 2.24) is 9.88 Å². The molecule has 1 N–H and O–H groups in total. The monoisotopic (exact) mass is 441 g/mol. The number of hydrogen-bond donors (Lipinski definition) is 1. The number of ether oxygens (including phenoxy) is 1. The van der Waals surface area contributed by atoms with E-state index in [9.17, 15) is 14.0 Å². The molecule has 0 saturated carbocycles. The number of amides is 1. The molecule has 3 rings (SSSR count). The fraction of sp³-hybridized carbons (Fsp3) is 0.375. The van der Waals surface area contributed by atoms with Gasteiger partial charge in [-0.2, -0.15) is 0 Å². The highest BCUT2D eigenvalue weighted by molar-refractivity contribution is 5.88. The second-order valence-corrected chi connectivity index (χ2v) is 8.78. The lowest BCUT2D eigenvalue weighted by molar-refractivity contribution is -0.131. The van der Waals surface area contributed by atoms with Gasteiger partial charge < -0.3 is 9.84 Å². The van der Waals surface area contributed by atoms with Gasteiger partial charge in [0.05, 0.1) is 6.04 Å². The molecule has 2 aromatic rings. The van der Waals surface area contributed by atoms with Gasteiger partial charge in [-0.05, 0) is 68.7 Å². The summed E-state index contributed by atoms with van der Waals surface area (Å²) in [7, 11) is 0. The van der Waals surface area contributed by atoms with Crippen LogP contribution in [0.15, 0.2) is 48.7 Å². The van der Waals surface area contributed by atoms with Gasteiger partial charge in [0.15, 0.2) is 0 Å². The summed E-state index contributed by atoms with van der Waals surface area (Å²) >= 11 is 0. The summed E-state index contributed by atoms with van der Waals surface area (Å²) in [5.41, 5.74) is 0.820. The van der Waals surface area contributed by atoms with Gasteiger partial charge in [-0.3, -0.25) is 9.80 Å². The number of carbonyl (C=O) groups excluding carboxylic acids is 1. The maximum Gasteiger partial charge on any atom is 0.416 e. The number of aliphatic carboxylic acids is 1. The summed E-state index contributed by atoms with van der Waals surface area (Å²) in [6.07, 6.45) is 4.22. The highest BCUT2D eigenvalue weighted by Gasteiger charge is 2.35. The van der Waals surface area contributed by atoms with Crippen molar-refractivity contribution >= 4 is 24.0 Å². The van der Waals surface area contributed by atoms with Crippen molar-refractivity contribution < 1.29 is 23.8 Å². The van der Waals surface area contributed by atoms with Crippen LogP contribution in [0.4, 0.5) is 15.0 Å². The molecule has 32 heavy (non-hydrogen) atoms. The Labute approximate surface area is 187 Å². The zero-order valence-electron chi connectivity index (χ0n) is 18.5. The number of likely N-dealkylation sites (tertiary alicyclic amines) is 1. The maximum atomic E-state index is 13.5. The lowest BCUT2D eigenvalue weighted by atomic mass is 10.2. The zero-order valence-corrected chi connectivity index (χ0v) is 18.5. The second-order valence-electron chi connectivity index (χ2n) is 8.78. The molecule has 1 saturated heterocycles. The van der Waals surface area contributed by atoms with Crippen molar-refractivity contribution in [1.29, 1.82) is 0 Å². The Hall–Kier alpha value is -3.26. The standard InChI is InChI=1S/C24H28FN3O4/c1-24(2,3)32-23(31)28(21-9-7-17(14-26-21)8-10-22(29)30)20-11-12-27(16-20)15-18-5-4-6-19(25)13-18/h4-10,13-14,20H,11-12,15-16H2,1-3H3,(H,29,30)/t20-/m1/s1. The molecule has 0 radical (unpaired) electrons. The summed E-state index contributed by atoms with van der Waals surface area (Å²) in [6.45, 7) is 7.35. The molecule has 1 atom stereocenters. The third kappa shape index (κ3) is 6.62. The molecule has 1 aromatic heterocycles. The molecule has 1 aromatic carbocycles. The second kappa shape index (κ2) is 9.91. The van der Waals surface area contributed by atoms with Crippen molar-refractivity contribution in [3.05, 3.63) is 65.6 Å². The summed E-state index contributed by atoms with van der Waals surface area (Å²) in [4.78, 5) is 31.9. The van der Waals surface area contributed by atoms with Crippen LogP contribution in [0.3, 0.4) is 0 Å². The molecule has 0 spiro atoms. The van der Waals surface area contributed by atoms with Crippen LogP contribution >= 0.6 is 0 Å². The number of carbonyl (C=O) groups is 2. The van der Waals surface area contributed by atoms with Gasteiger partial charge in [-0.1, -0.05) is 12.1 Å². The third-order valence-electron chi connectivity index (χ3n) is 4.93. The van der Waals surface area contributed by atoms with E-state index in [0.29, 0.717) is 24.5 Å². The first-order chi connectivity index (χ1) is 15.1. The lowest BCUT2D eigenvalue weighted by Crippen LogP contribution is -2.45. The van der Waals surface area contributed by atoms with Crippen LogP contribution < -0.4 is 4.90 Å². The number of halogens is 1. The van der Waals surface area contributed by atoms with E-state index < -0.39 is 17.7 Å². The first-order valence-corrected chi connectivity index (χ1v) is 10.5. The highest BCUT2D eigenvalue weighted by atomic mass is 19.1. The van der Waals surface area contributed by atoms with Gasteiger partial charge >= 0.3 is 12.1 Å². The Morgan fingerprint density at radius 2 is 2.09 bits per heavy atom. The van der Waals surface area contributed by atoms with Crippen LogP contribution in [0.5, 0.6) is 0 Å². The van der Waals surface area contributed by atoms with Crippen molar-refractivity contribution in [2.24, 2.45) is 0 Å². The number of rotatable bonds is 6. The summed E-state index contributed by atoms with van der Waals surface area (Å²) in [6, 6.07) is 9.74. The summed E-state index contributed by atoms with van der Waals surface area (Å²) < 4.78 is 19.2. The van der Waals surface area contributed by atoms with Gasteiger partial charge in [-0.25, -0.2) is 19.0 Å². The molecule has 1 aliphatic heterocycles. The van der Waals surface area contributed by atoms with Gasteiger partial charge in [0.25, 0.3) is 0 Å². The number of carboxylic acid groups (broad SMARTS) is 1. The molecule has 2 heterocycles. The first-order valence-electron chi connectivity index (χ1n) is 10.5. The van der Waals surface area contributed by atoms with Gasteiger partial charge in [0, 0.05) is 31.9 Å². The molecular weight excluding hydrogens is 413 g/mol. The van der Waals surface area contributed by atoms with Gasteiger partial charge in [-0.15, -0.1) is 0 Å². The van der Waals surface area contributed by atoms with E-state index in [1.807, 2.05) is 6.07 Å². The number of aromatic nitrogens is 1. The largest absolute Gasteiger partial charge is 0.478 e. The molecule has 0 unspecified atom stereocenters. The number of carboxylic acids is 1. The zero-order chi connectivity index (χ0) is 23.3. The topological polar surface area (TPSA) is 83.0 Å². The molecular formula is C24H28FN3O4. The predicted octanol–water partition coefficient (Wildman–Crippen LogP) is 4.33. The smallest absolute Gasteiger partial charge is 0.416 e. The Kier molecular flexibility index (Phi) is 7.25. The van der Waals surface area contributed by atoms with E-state index in [4.69, 9.17) is 9.84 Å². The van der Waals surface area contributed by atoms with E-state index in [1.165, 1.54) is 24.4 Å². The summed E-state index contributed by atoms with van der Waals surface area (Å²) in [5.74, 6) is -0.881. The third-order valence-corrected chi connectivity index (χ3v) is 4.93. The minimum atomic E-state index is -1.05. The Morgan fingerprint density at radius 3 is 2.72 bits per heavy atom. The fourth-order valence-corrected chi connectivity index (χ4v) is 3.61. The molecule has 8 heteroatoms. The molecule has 1 aliphatic rings. The van der Waals surface area contributed by atoms with E-state index >= 15 is 0 Å². The molecule has 170 valence electrons. The van der Waals surface area contributed by atoms with Crippen LogP contribution in [-0.2, 0) is 16.1 Å². The average molecular weight is 442 g/mol. The first kappa shape index (κ1) is 23.4. The number of anilines is 1. The maximum absolute atomic E-state index is 13.5. The molecule has 1 amide bonds. The van der Waals surface area contributed by atoms with Crippen molar-refractivity contribution in [3.8, 4) is 0 Å². The molecule has 7 nitrogen and oxygen atoms in total. The Morgan fingerprint density at radius 1 is 1.31 bits per heavy atom. The van der Waals surface area contributed by atoms with E-state index in [1.54, 1.807) is 43.9 Å². The van der Waals surface area contributed by atoms with E-state index in [0.717, 1.165) is 24.6 Å². The van der Waals surface area contributed by atoms with E-state index in [-0.39, 0.29) is 11.9 Å². The normalized spacial score (nSPS) is 16.9. The van der Waals surface area contributed by atoms with Crippen molar-refractivity contribution in [2.45, 2.75) is 45.4 Å². The number of pyridine rings is 1. The number of hydrogen-bond acceptors (Lipinski definition) is 5. The molecule has 1 fully saturated rings. The van der Waals surface area contributed by atoms with Crippen LogP contribution in [0.1, 0.15) is 38.3 Å². The molecule has 0 bridgehead atoms.